The number of anilines is 1. The Bertz CT molecular complexity index is 1040. The molecule has 0 spiro atoms. The van der Waals surface area contributed by atoms with E-state index in [1.165, 1.54) is 23.9 Å². The maximum absolute atomic E-state index is 12.7. The molecule has 7 nitrogen and oxygen atoms in total. The Labute approximate surface area is 180 Å². The molecule has 2 N–H and O–H groups in total. The van der Waals surface area contributed by atoms with E-state index in [1.54, 1.807) is 25.3 Å². The number of amides is 2. The van der Waals surface area contributed by atoms with Gasteiger partial charge < -0.3 is 15.4 Å². The molecule has 30 heavy (non-hydrogen) atoms. The molecule has 0 radical (unpaired) electrons. The predicted octanol–water partition coefficient (Wildman–Crippen LogP) is 2.86. The van der Waals surface area contributed by atoms with Gasteiger partial charge in [-0.25, -0.2) is 8.42 Å². The molecule has 0 fully saturated rings. The van der Waals surface area contributed by atoms with E-state index in [1.807, 2.05) is 19.1 Å². The van der Waals surface area contributed by atoms with Crippen LogP contribution in [0.3, 0.4) is 0 Å². The van der Waals surface area contributed by atoms with Crippen LogP contribution in [0.1, 0.15) is 18.9 Å². The lowest BCUT2D eigenvalue weighted by Gasteiger charge is -2.10. The van der Waals surface area contributed by atoms with Crippen LogP contribution in [0.2, 0.25) is 0 Å². The van der Waals surface area contributed by atoms with Gasteiger partial charge >= 0.3 is 0 Å². The number of ether oxygens (including phenoxy) is 1. The van der Waals surface area contributed by atoms with Gasteiger partial charge in [0.1, 0.15) is 5.75 Å². The van der Waals surface area contributed by atoms with Crippen LogP contribution in [0.15, 0.2) is 52.3 Å². The third-order valence-corrected chi connectivity index (χ3v) is 7.80. The van der Waals surface area contributed by atoms with Crippen LogP contribution in [0.4, 0.5) is 5.69 Å². The van der Waals surface area contributed by atoms with Crippen LogP contribution in [0.5, 0.6) is 5.75 Å². The van der Waals surface area contributed by atoms with Crippen molar-refractivity contribution >= 4 is 39.1 Å². The first-order chi connectivity index (χ1) is 14.3. The number of methoxy groups -OCH3 is 1. The number of carbonyl (C=O) groups excluding carboxylic acids is 2. The molecule has 1 heterocycles. The summed E-state index contributed by atoms with van der Waals surface area (Å²) in [5.74, 6) is 0.421. The van der Waals surface area contributed by atoms with E-state index in [-0.39, 0.29) is 34.8 Å². The van der Waals surface area contributed by atoms with E-state index in [0.717, 1.165) is 16.2 Å². The minimum atomic E-state index is -3.66. The maximum Gasteiger partial charge on any atom is 0.228 e. The first-order valence-electron chi connectivity index (χ1n) is 9.48. The number of rotatable bonds is 7. The van der Waals surface area contributed by atoms with Crippen molar-refractivity contribution in [2.24, 2.45) is 5.92 Å². The monoisotopic (exact) mass is 448 g/mol. The van der Waals surface area contributed by atoms with Gasteiger partial charge in [0.25, 0.3) is 0 Å². The fourth-order valence-corrected chi connectivity index (χ4v) is 5.12. The molecule has 9 heteroatoms. The molecule has 1 atom stereocenters. The third-order valence-electron chi connectivity index (χ3n) is 4.75. The average molecular weight is 449 g/mol. The van der Waals surface area contributed by atoms with Crippen LogP contribution in [0.25, 0.3) is 0 Å². The summed E-state index contributed by atoms with van der Waals surface area (Å²) >= 11 is 1.52. The lowest BCUT2D eigenvalue weighted by Crippen LogP contribution is -2.25. The highest BCUT2D eigenvalue weighted by molar-refractivity contribution is 7.99. The number of carbonyl (C=O) groups is 2. The number of benzene rings is 2. The zero-order valence-electron chi connectivity index (χ0n) is 16.8. The molecule has 0 saturated heterocycles. The minimum Gasteiger partial charge on any atom is -0.497 e. The Hall–Kier alpha value is -2.52. The average Bonchev–Trinajstić information content (AvgIpc) is 2.89. The Morgan fingerprint density at radius 1 is 1.23 bits per heavy atom. The zero-order chi connectivity index (χ0) is 21.7. The Balaban J connectivity index is 1.59. The number of hydrogen-bond acceptors (Lipinski definition) is 6. The van der Waals surface area contributed by atoms with Gasteiger partial charge in [0.15, 0.2) is 9.84 Å². The van der Waals surface area contributed by atoms with Gasteiger partial charge in [-0.2, -0.15) is 0 Å². The fourth-order valence-electron chi connectivity index (χ4n) is 2.85. The summed E-state index contributed by atoms with van der Waals surface area (Å²) in [6, 6.07) is 12.0. The lowest BCUT2D eigenvalue weighted by atomic mass is 10.2. The fraction of sp³-hybridized carbons (Fsp3) is 0.333. The Morgan fingerprint density at radius 3 is 2.67 bits per heavy atom. The molecule has 1 aliphatic heterocycles. The van der Waals surface area contributed by atoms with Crippen molar-refractivity contribution in [3.63, 3.8) is 0 Å². The van der Waals surface area contributed by atoms with Gasteiger partial charge in [0, 0.05) is 29.5 Å². The van der Waals surface area contributed by atoms with Crippen LogP contribution < -0.4 is 15.4 Å². The molecular formula is C21H24N2O5S2. The summed E-state index contributed by atoms with van der Waals surface area (Å²) in [5.41, 5.74) is 1.39. The molecule has 0 bridgehead atoms. The summed E-state index contributed by atoms with van der Waals surface area (Å²) in [4.78, 5) is 25.1. The number of sulfone groups is 1. The van der Waals surface area contributed by atoms with Gasteiger partial charge in [-0.1, -0.05) is 19.1 Å². The highest BCUT2D eigenvalue weighted by Crippen LogP contribution is 2.34. The molecule has 2 aromatic carbocycles. The molecule has 2 aromatic rings. The molecule has 0 aliphatic carbocycles. The van der Waals surface area contributed by atoms with Crippen LogP contribution in [0, 0.1) is 5.92 Å². The number of nitrogens with one attached hydrogen (secondary N) is 2. The van der Waals surface area contributed by atoms with E-state index >= 15 is 0 Å². The highest BCUT2D eigenvalue weighted by Gasteiger charge is 2.23. The normalized spacial score (nSPS) is 16.2. The first-order valence-corrected chi connectivity index (χ1v) is 12.1. The topological polar surface area (TPSA) is 102 Å². The number of thioether (sulfide) groups is 1. The smallest absolute Gasteiger partial charge is 0.228 e. The van der Waals surface area contributed by atoms with Gasteiger partial charge in [-0.3, -0.25) is 9.59 Å². The van der Waals surface area contributed by atoms with E-state index < -0.39 is 9.84 Å². The minimum absolute atomic E-state index is 0.0969. The first kappa shape index (κ1) is 22.2. The van der Waals surface area contributed by atoms with Crippen molar-refractivity contribution in [3.8, 4) is 5.75 Å². The van der Waals surface area contributed by atoms with E-state index in [4.69, 9.17) is 4.74 Å². The summed E-state index contributed by atoms with van der Waals surface area (Å²) in [7, 11) is -2.08. The molecule has 1 aliphatic rings. The van der Waals surface area contributed by atoms with E-state index in [2.05, 4.69) is 10.6 Å². The molecular weight excluding hydrogens is 424 g/mol. The maximum atomic E-state index is 12.7. The molecule has 0 saturated carbocycles. The highest BCUT2D eigenvalue weighted by atomic mass is 32.2. The molecule has 0 aromatic heterocycles. The van der Waals surface area contributed by atoms with Gasteiger partial charge in [0.05, 0.1) is 23.4 Å². The third kappa shape index (κ3) is 5.54. The van der Waals surface area contributed by atoms with Gasteiger partial charge in [-0.15, -0.1) is 11.8 Å². The van der Waals surface area contributed by atoms with Crippen molar-refractivity contribution in [2.75, 3.05) is 23.9 Å². The molecule has 0 unspecified atom stereocenters. The summed E-state index contributed by atoms with van der Waals surface area (Å²) in [5, 5.41) is 5.51. The van der Waals surface area contributed by atoms with Crippen molar-refractivity contribution in [2.45, 2.75) is 29.7 Å². The van der Waals surface area contributed by atoms with Crippen LogP contribution in [-0.4, -0.2) is 38.8 Å². The van der Waals surface area contributed by atoms with Crippen LogP contribution >= 0.6 is 11.8 Å². The molecule has 160 valence electrons. The Kier molecular flexibility index (Phi) is 7.04. The molecule has 3 rings (SSSR count). The Morgan fingerprint density at radius 2 is 1.97 bits per heavy atom. The summed E-state index contributed by atoms with van der Waals surface area (Å²) in [6.45, 7) is 2.14. The number of hydrogen-bond donors (Lipinski definition) is 2. The van der Waals surface area contributed by atoms with Gasteiger partial charge in [-0.05, 0) is 35.9 Å². The standard InChI is InChI=1S/C21H24N2O5S2/c1-14-13-29-19-8-7-17(11-18(19)23-21(14)25)30(26,27)10-9-20(24)22-12-15-3-5-16(28-2)6-4-15/h3-8,11,14H,9-10,12-13H2,1-2H3,(H,22,24)(H,23,25)/t14-/m1/s1. The second kappa shape index (κ2) is 9.53. The van der Waals surface area contributed by atoms with Crippen molar-refractivity contribution in [1.82, 2.24) is 5.32 Å². The van der Waals surface area contributed by atoms with Crippen molar-refractivity contribution in [1.29, 1.82) is 0 Å². The van der Waals surface area contributed by atoms with E-state index in [9.17, 15) is 18.0 Å². The number of fused-ring (bicyclic) bond motifs is 1. The summed E-state index contributed by atoms with van der Waals surface area (Å²) in [6.07, 6.45) is -0.145. The second-order valence-corrected chi connectivity index (χ2v) is 10.2. The lowest BCUT2D eigenvalue weighted by molar-refractivity contribution is -0.121. The summed E-state index contributed by atoms with van der Waals surface area (Å²) < 4.78 is 30.5. The quantitative estimate of drug-likeness (QED) is 0.675. The van der Waals surface area contributed by atoms with Crippen molar-refractivity contribution < 1.29 is 22.7 Å². The SMILES string of the molecule is COc1ccc(CNC(=O)CCS(=O)(=O)c2ccc3c(c2)NC(=O)[C@H](C)CS3)cc1. The molecule has 2 amide bonds. The largest absolute Gasteiger partial charge is 0.497 e. The zero-order valence-corrected chi connectivity index (χ0v) is 18.4. The van der Waals surface area contributed by atoms with Gasteiger partial charge in [0.2, 0.25) is 11.8 Å². The van der Waals surface area contributed by atoms with E-state index in [0.29, 0.717) is 18.0 Å². The van der Waals surface area contributed by atoms with Crippen LogP contribution in [-0.2, 0) is 26.0 Å². The van der Waals surface area contributed by atoms with Crippen molar-refractivity contribution in [3.05, 3.63) is 48.0 Å². The second-order valence-electron chi connectivity index (χ2n) is 7.05. The predicted molar refractivity (Wildman–Crippen MR) is 116 cm³/mol.